The summed E-state index contributed by atoms with van der Waals surface area (Å²) in [5.74, 6) is 0.0980. The molecule has 2 heterocycles. The van der Waals surface area contributed by atoms with Gasteiger partial charge < -0.3 is 19.3 Å². The van der Waals surface area contributed by atoms with E-state index in [0.29, 0.717) is 39.1 Å². The van der Waals surface area contributed by atoms with E-state index in [1.165, 1.54) is 0 Å². The van der Waals surface area contributed by atoms with Gasteiger partial charge in [-0.3, -0.25) is 4.79 Å². The van der Waals surface area contributed by atoms with Crippen molar-refractivity contribution in [3.8, 4) is 0 Å². The van der Waals surface area contributed by atoms with Crippen molar-refractivity contribution in [1.82, 2.24) is 9.47 Å². The predicted octanol–water partition coefficient (Wildman–Crippen LogP) is 1.64. The van der Waals surface area contributed by atoms with E-state index in [4.69, 9.17) is 4.74 Å². The number of likely N-dealkylation sites (tertiary alicyclic amines) is 1. The molecule has 0 radical (unpaired) electrons. The molecule has 1 aliphatic rings. The first kappa shape index (κ1) is 15.1. The van der Waals surface area contributed by atoms with Gasteiger partial charge >= 0.3 is 0 Å². The molecule has 0 aliphatic carbocycles. The van der Waals surface area contributed by atoms with Crippen molar-refractivity contribution in [2.75, 3.05) is 26.8 Å². The lowest BCUT2D eigenvalue weighted by molar-refractivity contribution is -0.138. The number of nitrogens with zero attached hydrogens (tertiary/aromatic N) is 2. The van der Waals surface area contributed by atoms with Crippen LogP contribution < -0.4 is 0 Å². The predicted molar refractivity (Wildman–Crippen MR) is 84.6 cm³/mol. The summed E-state index contributed by atoms with van der Waals surface area (Å²) < 4.78 is 7.04. The lowest BCUT2D eigenvalue weighted by Gasteiger charge is -2.37. The molecule has 1 saturated heterocycles. The number of para-hydroxylation sites is 1. The van der Waals surface area contributed by atoms with Crippen molar-refractivity contribution in [3.05, 3.63) is 36.5 Å². The summed E-state index contributed by atoms with van der Waals surface area (Å²) in [7, 11) is 1.59. The van der Waals surface area contributed by atoms with Crippen LogP contribution in [0.2, 0.25) is 0 Å². The van der Waals surface area contributed by atoms with E-state index in [1.807, 2.05) is 46.0 Å². The third kappa shape index (κ3) is 3.00. The van der Waals surface area contributed by atoms with Crippen molar-refractivity contribution < 1.29 is 14.6 Å². The summed E-state index contributed by atoms with van der Waals surface area (Å²) in [6.07, 6.45) is 3.09. The van der Waals surface area contributed by atoms with Crippen molar-refractivity contribution in [3.63, 3.8) is 0 Å². The van der Waals surface area contributed by atoms with Crippen LogP contribution in [-0.4, -0.2) is 52.9 Å². The molecule has 1 aromatic carbocycles. The van der Waals surface area contributed by atoms with Gasteiger partial charge in [-0.05, 0) is 30.4 Å². The van der Waals surface area contributed by atoms with Crippen LogP contribution in [0.1, 0.15) is 12.8 Å². The van der Waals surface area contributed by atoms with Crippen molar-refractivity contribution in [2.45, 2.75) is 25.0 Å². The fourth-order valence-corrected chi connectivity index (χ4v) is 3.11. The average Bonchev–Trinajstić information content (AvgIpc) is 2.91. The number of ether oxygens (including phenoxy) is 1. The Hall–Kier alpha value is -1.85. The maximum atomic E-state index is 12.5. The zero-order valence-electron chi connectivity index (χ0n) is 12.9. The van der Waals surface area contributed by atoms with E-state index >= 15 is 0 Å². The number of hydrogen-bond acceptors (Lipinski definition) is 3. The van der Waals surface area contributed by atoms with Gasteiger partial charge in [0.2, 0.25) is 5.91 Å². The molecule has 0 atom stereocenters. The fraction of sp³-hybridized carbons (Fsp3) is 0.471. The third-order valence-electron chi connectivity index (χ3n) is 4.45. The van der Waals surface area contributed by atoms with Gasteiger partial charge in [0.15, 0.2) is 0 Å². The molecule has 5 nitrogen and oxygen atoms in total. The van der Waals surface area contributed by atoms with Crippen molar-refractivity contribution in [2.24, 2.45) is 0 Å². The van der Waals surface area contributed by atoms with Crippen LogP contribution in [0.4, 0.5) is 0 Å². The quantitative estimate of drug-likeness (QED) is 0.934. The highest BCUT2D eigenvalue weighted by Gasteiger charge is 2.33. The van der Waals surface area contributed by atoms with Gasteiger partial charge in [0.25, 0.3) is 0 Å². The molecule has 1 aliphatic heterocycles. The van der Waals surface area contributed by atoms with Crippen LogP contribution in [0.25, 0.3) is 10.9 Å². The number of rotatable bonds is 4. The first-order valence-electron chi connectivity index (χ1n) is 7.64. The van der Waals surface area contributed by atoms with E-state index in [2.05, 4.69) is 0 Å². The Morgan fingerprint density at radius 2 is 2.00 bits per heavy atom. The molecule has 2 aromatic rings. The maximum absolute atomic E-state index is 12.5. The van der Waals surface area contributed by atoms with Crippen molar-refractivity contribution >= 4 is 16.8 Å². The average molecular weight is 302 g/mol. The number of methoxy groups -OCH3 is 1. The Labute approximate surface area is 130 Å². The minimum absolute atomic E-state index is 0.0980. The molecule has 0 spiro atoms. The second-order valence-corrected chi connectivity index (χ2v) is 6.04. The zero-order chi connectivity index (χ0) is 15.6. The fourth-order valence-electron chi connectivity index (χ4n) is 3.11. The van der Waals surface area contributed by atoms with Gasteiger partial charge in [0, 0.05) is 31.9 Å². The number of hydrogen-bond donors (Lipinski definition) is 1. The van der Waals surface area contributed by atoms with Gasteiger partial charge in [-0.2, -0.15) is 0 Å². The summed E-state index contributed by atoms with van der Waals surface area (Å²) in [6.45, 7) is 1.84. The molecular weight excluding hydrogens is 280 g/mol. The highest BCUT2D eigenvalue weighted by molar-refractivity contribution is 5.83. The summed E-state index contributed by atoms with van der Waals surface area (Å²) in [6, 6.07) is 10.1. The zero-order valence-corrected chi connectivity index (χ0v) is 12.9. The lowest BCUT2D eigenvalue weighted by atomic mass is 9.92. The number of aliphatic hydroxyl groups is 1. The Kier molecular flexibility index (Phi) is 4.18. The molecule has 5 heteroatoms. The first-order valence-corrected chi connectivity index (χ1v) is 7.64. The third-order valence-corrected chi connectivity index (χ3v) is 4.45. The standard InChI is InChI=1S/C17H22N2O3/c1-22-13-17(21)7-10-18(11-8-17)16(20)12-19-9-6-14-4-2-3-5-15(14)19/h2-6,9,21H,7-8,10-13H2,1H3. The number of piperidine rings is 1. The van der Waals surface area contributed by atoms with E-state index < -0.39 is 5.60 Å². The minimum Gasteiger partial charge on any atom is -0.387 e. The van der Waals surface area contributed by atoms with Crippen LogP contribution in [0.3, 0.4) is 0 Å². The normalized spacial score (nSPS) is 17.8. The van der Waals surface area contributed by atoms with Crippen LogP contribution in [0.15, 0.2) is 36.5 Å². The van der Waals surface area contributed by atoms with Crippen LogP contribution >= 0.6 is 0 Å². The smallest absolute Gasteiger partial charge is 0.242 e. The molecule has 118 valence electrons. The molecule has 0 bridgehead atoms. The van der Waals surface area contributed by atoms with Gasteiger partial charge in [-0.25, -0.2) is 0 Å². The Balaban J connectivity index is 1.64. The topological polar surface area (TPSA) is 54.7 Å². The molecule has 0 unspecified atom stereocenters. The first-order chi connectivity index (χ1) is 10.6. The van der Waals surface area contributed by atoms with E-state index in [-0.39, 0.29) is 5.91 Å². The molecule has 0 saturated carbocycles. The van der Waals surface area contributed by atoms with Crippen LogP contribution in [0, 0.1) is 0 Å². The van der Waals surface area contributed by atoms with Gasteiger partial charge in [-0.15, -0.1) is 0 Å². The Morgan fingerprint density at radius 3 is 2.73 bits per heavy atom. The number of carbonyl (C=O) groups is 1. The monoisotopic (exact) mass is 302 g/mol. The summed E-state index contributed by atoms with van der Waals surface area (Å²) in [5.41, 5.74) is 0.287. The number of fused-ring (bicyclic) bond motifs is 1. The SMILES string of the molecule is COCC1(O)CCN(C(=O)Cn2ccc3ccccc32)CC1. The Morgan fingerprint density at radius 1 is 1.27 bits per heavy atom. The lowest BCUT2D eigenvalue weighted by Crippen LogP contribution is -2.49. The highest BCUT2D eigenvalue weighted by atomic mass is 16.5. The van der Waals surface area contributed by atoms with E-state index in [0.717, 1.165) is 10.9 Å². The summed E-state index contributed by atoms with van der Waals surface area (Å²) in [5, 5.41) is 11.4. The summed E-state index contributed by atoms with van der Waals surface area (Å²) in [4.78, 5) is 14.3. The molecule has 3 rings (SSSR count). The number of carbonyl (C=O) groups excluding carboxylic acids is 1. The second kappa shape index (κ2) is 6.10. The Bertz CT molecular complexity index is 657. The molecule has 22 heavy (non-hydrogen) atoms. The van der Waals surface area contributed by atoms with E-state index in [1.54, 1.807) is 7.11 Å². The van der Waals surface area contributed by atoms with Gasteiger partial charge in [0.05, 0.1) is 12.2 Å². The van der Waals surface area contributed by atoms with Crippen molar-refractivity contribution in [1.29, 1.82) is 0 Å². The van der Waals surface area contributed by atoms with Gasteiger partial charge in [0.1, 0.15) is 6.54 Å². The number of aromatic nitrogens is 1. The maximum Gasteiger partial charge on any atom is 0.242 e. The molecular formula is C17H22N2O3. The molecule has 1 amide bonds. The van der Waals surface area contributed by atoms with Gasteiger partial charge in [-0.1, -0.05) is 18.2 Å². The molecule has 1 N–H and O–H groups in total. The number of amides is 1. The second-order valence-electron chi connectivity index (χ2n) is 6.04. The summed E-state index contributed by atoms with van der Waals surface area (Å²) >= 11 is 0. The highest BCUT2D eigenvalue weighted by Crippen LogP contribution is 2.23. The number of benzene rings is 1. The molecule has 1 fully saturated rings. The molecule has 1 aromatic heterocycles. The minimum atomic E-state index is -0.786. The van der Waals surface area contributed by atoms with E-state index in [9.17, 15) is 9.90 Å². The largest absolute Gasteiger partial charge is 0.387 e. The van der Waals surface area contributed by atoms with Crippen LogP contribution in [0.5, 0.6) is 0 Å². The van der Waals surface area contributed by atoms with Crippen LogP contribution in [-0.2, 0) is 16.1 Å².